The Morgan fingerprint density at radius 1 is 1.15 bits per heavy atom. The second-order valence-electron chi connectivity index (χ2n) is 7.74. The van der Waals surface area contributed by atoms with E-state index in [4.69, 9.17) is 21.4 Å². The van der Waals surface area contributed by atoms with Gasteiger partial charge in [-0.05, 0) is 54.4 Å². The number of nitrogens with zero attached hydrogens (tertiary/aromatic N) is 3. The first-order chi connectivity index (χ1) is 16.4. The number of aromatic carboxylic acids is 1. The van der Waals surface area contributed by atoms with Gasteiger partial charge in [0.2, 0.25) is 17.7 Å². The van der Waals surface area contributed by atoms with E-state index in [0.717, 1.165) is 17.7 Å². The number of benzene rings is 2. The first-order valence-corrected chi connectivity index (χ1v) is 11.2. The van der Waals surface area contributed by atoms with Crippen molar-refractivity contribution in [2.24, 2.45) is 10.9 Å². The van der Waals surface area contributed by atoms with Crippen LogP contribution in [0.25, 0.3) is 0 Å². The van der Waals surface area contributed by atoms with Gasteiger partial charge in [-0.25, -0.2) is 9.78 Å². The van der Waals surface area contributed by atoms with Crippen LogP contribution in [-0.2, 0) is 11.3 Å². The molecule has 1 amide bonds. The van der Waals surface area contributed by atoms with Gasteiger partial charge in [-0.15, -0.1) is 0 Å². The summed E-state index contributed by atoms with van der Waals surface area (Å²) in [6.07, 6.45) is 0.718. The van der Waals surface area contributed by atoms with Crippen molar-refractivity contribution in [3.8, 4) is 11.6 Å². The zero-order valence-corrected chi connectivity index (χ0v) is 19.2. The highest BCUT2D eigenvalue weighted by Gasteiger charge is 2.31. The normalized spacial score (nSPS) is 15.6. The van der Waals surface area contributed by atoms with Crippen molar-refractivity contribution in [3.05, 3.63) is 83.0 Å². The third-order valence-electron chi connectivity index (χ3n) is 5.35. The van der Waals surface area contributed by atoms with Crippen LogP contribution in [0, 0.1) is 5.92 Å². The van der Waals surface area contributed by atoms with Gasteiger partial charge < -0.3 is 15.2 Å². The molecule has 9 heteroatoms. The summed E-state index contributed by atoms with van der Waals surface area (Å²) < 4.78 is 5.66. The van der Waals surface area contributed by atoms with Gasteiger partial charge in [0.1, 0.15) is 5.75 Å². The first kappa shape index (κ1) is 23.3. The number of amides is 1. The van der Waals surface area contributed by atoms with Crippen LogP contribution in [0.4, 0.5) is 5.69 Å². The maximum absolute atomic E-state index is 13.1. The summed E-state index contributed by atoms with van der Waals surface area (Å²) in [5.41, 5.74) is 1.58. The average molecular weight is 479 g/mol. The van der Waals surface area contributed by atoms with Crippen LogP contribution in [0.2, 0.25) is 5.02 Å². The molecule has 0 saturated carbocycles. The number of carboxylic acid groups (broad SMARTS) is 1. The summed E-state index contributed by atoms with van der Waals surface area (Å²) in [5.74, 6) is -0.0914. The molecule has 0 fully saturated rings. The number of anilines is 1. The largest absolute Gasteiger partial charge is 0.477 e. The fourth-order valence-electron chi connectivity index (χ4n) is 3.47. The average Bonchev–Trinajstić information content (AvgIpc) is 2.84. The van der Waals surface area contributed by atoms with Crippen LogP contribution < -0.4 is 10.1 Å². The minimum atomic E-state index is -1.12. The number of carbonyl (C=O) groups excluding carboxylic acids is 1. The predicted octanol–water partition coefficient (Wildman–Crippen LogP) is 5.06. The van der Waals surface area contributed by atoms with Crippen LogP contribution in [0.1, 0.15) is 29.4 Å². The molecule has 4 rings (SSSR count). The number of carbonyl (C=O) groups is 2. The van der Waals surface area contributed by atoms with Crippen LogP contribution >= 0.6 is 11.6 Å². The molecule has 0 bridgehead atoms. The number of ether oxygens (including phenoxy) is 1. The van der Waals surface area contributed by atoms with Crippen molar-refractivity contribution in [1.82, 2.24) is 9.88 Å². The first-order valence-electron chi connectivity index (χ1n) is 10.8. The Labute approximate surface area is 201 Å². The van der Waals surface area contributed by atoms with Crippen LogP contribution in [0.15, 0.2) is 71.7 Å². The number of pyridine rings is 1. The monoisotopic (exact) mass is 478 g/mol. The van der Waals surface area contributed by atoms with Crippen molar-refractivity contribution in [2.45, 2.75) is 19.9 Å². The van der Waals surface area contributed by atoms with E-state index in [1.165, 1.54) is 6.07 Å². The standard InChI is InChI=1S/C25H23ClN4O4/c1-2-17-14-27-25(30(23(17)31)15-16-6-8-18(26)9-7-16)28-19-10-12-20(13-11-19)34-22-5-3-4-21(29-22)24(32)33/h3-13,17H,2,14-15H2,1H3,(H,27,28)(H,32,33). The van der Waals surface area contributed by atoms with Crippen LogP contribution in [0.5, 0.6) is 11.6 Å². The van der Waals surface area contributed by atoms with Crippen molar-refractivity contribution in [3.63, 3.8) is 0 Å². The molecule has 34 heavy (non-hydrogen) atoms. The fourth-order valence-corrected chi connectivity index (χ4v) is 3.59. The summed E-state index contributed by atoms with van der Waals surface area (Å²) in [4.78, 5) is 34.4. The number of aromatic nitrogens is 1. The van der Waals surface area contributed by atoms with E-state index in [2.05, 4.69) is 15.3 Å². The van der Waals surface area contributed by atoms with Crippen molar-refractivity contribution >= 4 is 35.1 Å². The van der Waals surface area contributed by atoms with E-state index in [-0.39, 0.29) is 23.4 Å². The Bertz CT molecular complexity index is 1210. The molecule has 1 aromatic heterocycles. The quantitative estimate of drug-likeness (QED) is 0.491. The molecule has 1 aliphatic heterocycles. The van der Waals surface area contributed by atoms with Gasteiger partial charge in [-0.3, -0.25) is 14.7 Å². The number of aliphatic imine (C=N–C) groups is 1. The lowest BCUT2D eigenvalue weighted by atomic mass is 10.0. The maximum Gasteiger partial charge on any atom is 0.354 e. The molecule has 0 radical (unpaired) electrons. The van der Waals surface area contributed by atoms with Gasteiger partial charge in [0, 0.05) is 16.8 Å². The van der Waals surface area contributed by atoms with E-state index in [1.54, 1.807) is 53.4 Å². The number of hydrogen-bond acceptors (Lipinski definition) is 6. The smallest absolute Gasteiger partial charge is 0.354 e. The zero-order chi connectivity index (χ0) is 24.1. The van der Waals surface area contributed by atoms with E-state index in [1.807, 2.05) is 19.1 Å². The second-order valence-corrected chi connectivity index (χ2v) is 8.17. The SMILES string of the molecule is CCC1CN=C(Nc2ccc(Oc3cccc(C(=O)O)n3)cc2)N(Cc2ccc(Cl)cc2)C1=O. The molecule has 3 aromatic rings. The molecule has 0 spiro atoms. The highest BCUT2D eigenvalue weighted by Crippen LogP contribution is 2.24. The van der Waals surface area contributed by atoms with E-state index < -0.39 is 5.97 Å². The lowest BCUT2D eigenvalue weighted by Gasteiger charge is -2.32. The Morgan fingerprint density at radius 2 is 1.88 bits per heavy atom. The van der Waals surface area contributed by atoms with Crippen molar-refractivity contribution < 1.29 is 19.4 Å². The molecule has 174 valence electrons. The molecular weight excluding hydrogens is 456 g/mol. The summed E-state index contributed by atoms with van der Waals surface area (Å²) >= 11 is 5.99. The molecule has 0 saturated heterocycles. The number of rotatable bonds is 7. The Balaban J connectivity index is 1.48. The molecule has 1 aliphatic rings. The minimum absolute atomic E-state index is 0.0271. The molecule has 2 N–H and O–H groups in total. The van der Waals surface area contributed by atoms with E-state index in [9.17, 15) is 9.59 Å². The molecule has 8 nitrogen and oxygen atoms in total. The molecule has 0 aliphatic carbocycles. The summed E-state index contributed by atoms with van der Waals surface area (Å²) in [6.45, 7) is 2.80. The van der Waals surface area contributed by atoms with Gasteiger partial charge in [-0.1, -0.05) is 36.7 Å². The van der Waals surface area contributed by atoms with Gasteiger partial charge >= 0.3 is 5.97 Å². The van der Waals surface area contributed by atoms with Crippen LogP contribution in [-0.4, -0.2) is 39.4 Å². The Morgan fingerprint density at radius 3 is 2.56 bits per heavy atom. The minimum Gasteiger partial charge on any atom is -0.477 e. The number of guanidine groups is 1. The third kappa shape index (κ3) is 5.52. The summed E-state index contributed by atoms with van der Waals surface area (Å²) in [5, 5.41) is 12.9. The predicted molar refractivity (Wildman–Crippen MR) is 129 cm³/mol. The number of halogens is 1. The summed E-state index contributed by atoms with van der Waals surface area (Å²) in [6, 6.07) is 18.9. The number of nitrogens with one attached hydrogen (secondary N) is 1. The number of hydrogen-bond donors (Lipinski definition) is 2. The van der Waals surface area contributed by atoms with Crippen molar-refractivity contribution in [1.29, 1.82) is 0 Å². The van der Waals surface area contributed by atoms with Gasteiger partial charge in [0.15, 0.2) is 5.69 Å². The van der Waals surface area contributed by atoms with Gasteiger partial charge in [-0.2, -0.15) is 0 Å². The van der Waals surface area contributed by atoms with Crippen LogP contribution in [0.3, 0.4) is 0 Å². The lowest BCUT2D eigenvalue weighted by Crippen LogP contribution is -2.47. The highest BCUT2D eigenvalue weighted by atomic mass is 35.5. The van der Waals surface area contributed by atoms with E-state index in [0.29, 0.717) is 29.8 Å². The maximum atomic E-state index is 13.1. The zero-order valence-electron chi connectivity index (χ0n) is 18.4. The molecule has 2 heterocycles. The topological polar surface area (TPSA) is 104 Å². The molecular formula is C25H23ClN4O4. The fraction of sp³-hybridized carbons (Fsp3) is 0.200. The molecule has 2 aromatic carbocycles. The third-order valence-corrected chi connectivity index (χ3v) is 5.61. The highest BCUT2D eigenvalue weighted by molar-refractivity contribution is 6.30. The van der Waals surface area contributed by atoms with E-state index >= 15 is 0 Å². The van der Waals surface area contributed by atoms with Gasteiger partial charge in [0.25, 0.3) is 0 Å². The summed E-state index contributed by atoms with van der Waals surface area (Å²) in [7, 11) is 0. The lowest BCUT2D eigenvalue weighted by molar-refractivity contribution is -0.132. The Kier molecular flexibility index (Phi) is 7.08. The van der Waals surface area contributed by atoms with Crippen molar-refractivity contribution in [2.75, 3.05) is 11.9 Å². The molecule has 1 unspecified atom stereocenters. The number of carboxylic acids is 1. The molecule has 1 atom stereocenters. The second kappa shape index (κ2) is 10.4. The van der Waals surface area contributed by atoms with Gasteiger partial charge in [0.05, 0.1) is 19.0 Å². The Hall–Kier alpha value is -3.91.